The summed E-state index contributed by atoms with van der Waals surface area (Å²) in [6, 6.07) is 6.59. The fraction of sp³-hybridized carbons (Fsp3) is 0.526. The number of ether oxygens (including phenoxy) is 2. The van der Waals surface area contributed by atoms with E-state index in [9.17, 15) is 19.2 Å². The van der Waals surface area contributed by atoms with Crippen LogP contribution in [0.3, 0.4) is 0 Å². The zero-order valence-electron chi connectivity index (χ0n) is 31.9. The SMILES string of the molecule is CC(C)[C@H](NC(=O)c1csc([C@@H](Cc2ccccc2)NC(=O)[C@@H]2COC=N2)n1)C1=N[C@H](C(=O)N[C@@H](c2nc(C(=O)N[C@H](C)C(C)C)cs2)C(C)C)[C@@H](C)O1. The van der Waals surface area contributed by atoms with Crippen LogP contribution in [0.4, 0.5) is 0 Å². The first-order chi connectivity index (χ1) is 25.7. The highest BCUT2D eigenvalue weighted by atomic mass is 32.1. The van der Waals surface area contributed by atoms with Crippen LogP contribution in [0.5, 0.6) is 0 Å². The third-order valence-electron chi connectivity index (χ3n) is 9.37. The van der Waals surface area contributed by atoms with Gasteiger partial charge >= 0.3 is 0 Å². The molecule has 4 heterocycles. The smallest absolute Gasteiger partial charge is 0.271 e. The molecule has 0 spiro atoms. The normalized spacial score (nSPS) is 20.1. The lowest BCUT2D eigenvalue weighted by Gasteiger charge is -2.23. The molecule has 54 heavy (non-hydrogen) atoms. The van der Waals surface area contributed by atoms with Crippen LogP contribution >= 0.6 is 22.7 Å². The van der Waals surface area contributed by atoms with Gasteiger partial charge < -0.3 is 30.7 Å². The predicted molar refractivity (Wildman–Crippen MR) is 209 cm³/mol. The summed E-state index contributed by atoms with van der Waals surface area (Å²) in [6.07, 6.45) is 1.15. The molecule has 0 aliphatic carbocycles. The molecule has 5 rings (SSSR count). The largest absolute Gasteiger partial charge is 0.481 e. The zero-order valence-corrected chi connectivity index (χ0v) is 33.5. The number of carbonyl (C=O) groups is 4. The number of carbonyl (C=O) groups excluding carboxylic acids is 4. The van der Waals surface area contributed by atoms with E-state index in [1.807, 2.05) is 78.8 Å². The van der Waals surface area contributed by atoms with Gasteiger partial charge in [-0.15, -0.1) is 22.7 Å². The molecule has 16 heteroatoms. The minimum atomic E-state index is -0.864. The summed E-state index contributed by atoms with van der Waals surface area (Å²) in [5, 5.41) is 16.7. The van der Waals surface area contributed by atoms with E-state index >= 15 is 0 Å². The van der Waals surface area contributed by atoms with E-state index in [2.05, 4.69) is 41.2 Å². The Kier molecular flexibility index (Phi) is 13.6. The second-order valence-electron chi connectivity index (χ2n) is 14.7. The van der Waals surface area contributed by atoms with E-state index in [4.69, 9.17) is 9.47 Å². The van der Waals surface area contributed by atoms with Gasteiger partial charge in [0.2, 0.25) is 17.7 Å². The molecule has 4 amide bonds. The minimum Gasteiger partial charge on any atom is -0.481 e. The number of hydrogen-bond acceptors (Lipinski definition) is 12. The number of aliphatic imine (C=N–C) groups is 2. The third-order valence-corrected chi connectivity index (χ3v) is 11.3. The van der Waals surface area contributed by atoms with Gasteiger partial charge in [-0.1, -0.05) is 71.9 Å². The molecule has 4 N–H and O–H groups in total. The van der Waals surface area contributed by atoms with Gasteiger partial charge in [0.15, 0.2) is 18.5 Å². The Balaban J connectivity index is 1.27. The van der Waals surface area contributed by atoms with Crippen LogP contribution in [0.2, 0.25) is 0 Å². The molecular formula is C38H50N8O6S2. The van der Waals surface area contributed by atoms with Gasteiger partial charge in [0, 0.05) is 16.8 Å². The topological polar surface area (TPSA) is 185 Å². The number of rotatable bonds is 16. The first kappa shape index (κ1) is 40.5. The van der Waals surface area contributed by atoms with Crippen LogP contribution in [0.25, 0.3) is 0 Å². The molecule has 1 aromatic carbocycles. The van der Waals surface area contributed by atoms with Crippen molar-refractivity contribution in [2.45, 2.75) is 104 Å². The summed E-state index contributed by atoms with van der Waals surface area (Å²) >= 11 is 2.60. The lowest BCUT2D eigenvalue weighted by atomic mass is 10.0. The Bertz CT molecular complexity index is 1840. The van der Waals surface area contributed by atoms with Crippen molar-refractivity contribution < 1.29 is 28.7 Å². The number of nitrogens with one attached hydrogen (secondary N) is 4. The second-order valence-corrected chi connectivity index (χ2v) is 16.4. The molecule has 0 radical (unpaired) electrons. The molecule has 2 aliphatic rings. The molecule has 2 aliphatic heterocycles. The summed E-state index contributed by atoms with van der Waals surface area (Å²) in [5.41, 5.74) is 1.49. The number of benzene rings is 1. The minimum absolute atomic E-state index is 0.0117. The highest BCUT2D eigenvalue weighted by molar-refractivity contribution is 7.10. The van der Waals surface area contributed by atoms with Crippen LogP contribution in [0.1, 0.15) is 104 Å². The van der Waals surface area contributed by atoms with Gasteiger partial charge in [-0.25, -0.2) is 20.0 Å². The quantitative estimate of drug-likeness (QED) is 0.162. The van der Waals surface area contributed by atoms with E-state index in [0.29, 0.717) is 22.1 Å². The number of amides is 4. The summed E-state index contributed by atoms with van der Waals surface area (Å²) in [7, 11) is 0. The highest BCUT2D eigenvalue weighted by Crippen LogP contribution is 2.28. The zero-order chi connectivity index (χ0) is 39.1. The lowest BCUT2D eigenvalue weighted by Crippen LogP contribution is -2.45. The number of thiazole rings is 2. The van der Waals surface area contributed by atoms with Crippen molar-refractivity contribution in [1.29, 1.82) is 0 Å². The van der Waals surface area contributed by atoms with Crippen LogP contribution in [-0.4, -0.2) is 82.8 Å². The second kappa shape index (κ2) is 18.1. The molecule has 0 fully saturated rings. The Labute approximate surface area is 324 Å². The standard InChI is InChI=1S/C38H50N8O6S2/c1-19(2)22(7)40-33(48)27-17-54-38(43-27)30(21(5)6)45-35(50)31-23(8)52-36(46-31)29(20(3)4)44-34(49)28-16-53-37(42-28)25(14-24-12-10-9-11-13-24)41-32(47)26-15-51-18-39-26/h9-13,16-23,25-26,29-31H,14-15H2,1-8H3,(H,40,48)(H,41,47)(H,44,49)(H,45,50)/t22-,23-,25-,26+,29+,30-,31+/m1/s1. The number of hydrogen-bond donors (Lipinski definition) is 4. The maximum Gasteiger partial charge on any atom is 0.271 e. The number of nitrogens with zero attached hydrogens (tertiary/aromatic N) is 4. The van der Waals surface area contributed by atoms with Crippen LogP contribution in [0.15, 0.2) is 51.1 Å². The van der Waals surface area contributed by atoms with Crippen LogP contribution in [0, 0.1) is 17.8 Å². The van der Waals surface area contributed by atoms with Crippen molar-refractivity contribution in [3.8, 4) is 0 Å². The molecule has 0 saturated heterocycles. The average Bonchev–Trinajstić information content (AvgIpc) is 3.97. The maximum absolute atomic E-state index is 13.7. The first-order valence-corrected chi connectivity index (χ1v) is 20.0. The van der Waals surface area contributed by atoms with Crippen molar-refractivity contribution in [3.05, 3.63) is 68.1 Å². The van der Waals surface area contributed by atoms with Crippen molar-refractivity contribution in [2.24, 2.45) is 27.7 Å². The molecule has 0 bridgehead atoms. The van der Waals surface area contributed by atoms with Gasteiger partial charge in [-0.05, 0) is 43.6 Å². The molecule has 3 aromatic rings. The molecule has 7 atom stereocenters. The fourth-order valence-corrected chi connectivity index (χ4v) is 7.59. The Morgan fingerprint density at radius 3 is 2.02 bits per heavy atom. The first-order valence-electron chi connectivity index (χ1n) is 18.3. The van der Waals surface area contributed by atoms with Crippen molar-refractivity contribution in [3.63, 3.8) is 0 Å². The Morgan fingerprint density at radius 2 is 1.41 bits per heavy atom. The summed E-state index contributed by atoms with van der Waals surface area (Å²) in [4.78, 5) is 71.1. The van der Waals surface area contributed by atoms with Crippen molar-refractivity contribution >= 4 is 58.6 Å². The molecule has 0 saturated carbocycles. The molecule has 14 nitrogen and oxygen atoms in total. The lowest BCUT2D eigenvalue weighted by molar-refractivity contribution is -0.125. The van der Waals surface area contributed by atoms with E-state index in [1.165, 1.54) is 29.1 Å². The van der Waals surface area contributed by atoms with Gasteiger partial charge in [0.05, 0.1) is 12.1 Å². The van der Waals surface area contributed by atoms with Crippen molar-refractivity contribution in [1.82, 2.24) is 31.2 Å². The van der Waals surface area contributed by atoms with Crippen molar-refractivity contribution in [2.75, 3.05) is 6.61 Å². The van der Waals surface area contributed by atoms with E-state index in [0.717, 1.165) is 5.56 Å². The summed E-state index contributed by atoms with van der Waals surface area (Å²) in [5.74, 6) is -0.952. The average molecular weight is 779 g/mol. The molecular weight excluding hydrogens is 729 g/mol. The molecule has 290 valence electrons. The fourth-order valence-electron chi connectivity index (χ4n) is 5.72. The molecule has 0 unspecified atom stereocenters. The predicted octanol–water partition coefficient (Wildman–Crippen LogP) is 4.65. The summed E-state index contributed by atoms with van der Waals surface area (Å²) < 4.78 is 11.3. The van der Waals surface area contributed by atoms with Crippen LogP contribution in [-0.2, 0) is 25.5 Å². The third kappa shape index (κ3) is 10.1. The highest BCUT2D eigenvalue weighted by Gasteiger charge is 2.39. The Morgan fingerprint density at radius 1 is 0.778 bits per heavy atom. The number of aromatic nitrogens is 2. The van der Waals surface area contributed by atoms with Gasteiger partial charge in [0.25, 0.3) is 11.8 Å². The Hall–Kier alpha value is -4.70. The maximum atomic E-state index is 13.7. The van der Waals surface area contributed by atoms with E-state index in [1.54, 1.807) is 17.7 Å². The monoisotopic (exact) mass is 778 g/mol. The van der Waals surface area contributed by atoms with Crippen LogP contribution < -0.4 is 21.3 Å². The molecule has 2 aromatic heterocycles. The summed E-state index contributed by atoms with van der Waals surface area (Å²) in [6.45, 7) is 15.8. The van der Waals surface area contributed by atoms with Gasteiger partial charge in [-0.3, -0.25) is 19.2 Å². The van der Waals surface area contributed by atoms with Gasteiger partial charge in [0.1, 0.15) is 40.2 Å². The van der Waals surface area contributed by atoms with Gasteiger partial charge in [-0.2, -0.15) is 0 Å². The van der Waals surface area contributed by atoms with E-state index in [-0.39, 0.29) is 59.7 Å². The van der Waals surface area contributed by atoms with E-state index < -0.39 is 42.2 Å².